The molecule has 0 amide bonds. The van der Waals surface area contributed by atoms with Crippen LogP contribution in [0.25, 0.3) is 177 Å². The Balaban J connectivity index is 0.000000130. The summed E-state index contributed by atoms with van der Waals surface area (Å²) in [6.45, 7) is 0. The lowest BCUT2D eigenvalue weighted by atomic mass is 10.0. The monoisotopic (exact) mass is 1200 g/mol. The van der Waals surface area contributed by atoms with Gasteiger partial charge in [-0.15, -0.1) is 0 Å². The van der Waals surface area contributed by atoms with E-state index in [4.69, 9.17) is 8.83 Å². The fourth-order valence-corrected chi connectivity index (χ4v) is 15.2. The number of benzene rings is 13. The maximum Gasteiger partial charge on any atom is 0.212 e. The molecule has 0 aliphatic heterocycles. The second-order valence-corrected chi connectivity index (χ2v) is 24.5. The standard InChI is InChI=1S/C46H29N3O.C40H25N3O/c1-5-19-41-35(15-1)36-16-2-6-20-42(36)49(41)34-23-24-44-40(29-34)37-17-3-7-21-43(37)48(44)33-14-10-12-31(28-33)30-11-9-13-32(27-30)47-26-25-39-38-18-4-8-22-45(38)50-46(39)47;1-5-16-35-29(12-1)30-13-2-6-17-36(30)43(35)28-20-21-38-34(25-28)31-14-3-7-18-37(31)42(38)27-11-9-10-26(24-27)41-23-22-33-32-15-4-8-19-39(32)44-40(33)41/h1-29H;1-25H. The van der Waals surface area contributed by atoms with Gasteiger partial charge in [0, 0.05) is 105 Å². The van der Waals surface area contributed by atoms with Gasteiger partial charge in [-0.3, -0.25) is 9.13 Å². The summed E-state index contributed by atoms with van der Waals surface area (Å²) in [7, 11) is 0. The van der Waals surface area contributed by atoms with Crippen LogP contribution >= 0.6 is 0 Å². The third-order valence-corrected chi connectivity index (χ3v) is 19.4. The van der Waals surface area contributed by atoms with Crippen molar-refractivity contribution in [3.05, 3.63) is 328 Å². The van der Waals surface area contributed by atoms with Gasteiger partial charge in [0.2, 0.25) is 11.4 Å². The fraction of sp³-hybridized carbons (Fsp3) is 0. The Morgan fingerprint density at radius 2 is 0.468 bits per heavy atom. The first-order valence-corrected chi connectivity index (χ1v) is 32.0. The van der Waals surface area contributed by atoms with Crippen LogP contribution in [0.2, 0.25) is 0 Å². The summed E-state index contributed by atoms with van der Waals surface area (Å²) < 4.78 is 26.5. The van der Waals surface area contributed by atoms with Crippen LogP contribution in [0.3, 0.4) is 0 Å². The quantitative estimate of drug-likeness (QED) is 0.160. The van der Waals surface area contributed by atoms with Crippen molar-refractivity contribution in [2.24, 2.45) is 0 Å². The number of hydrogen-bond acceptors (Lipinski definition) is 2. The largest absolute Gasteiger partial charge is 0.439 e. The third-order valence-electron chi connectivity index (χ3n) is 19.4. The first-order chi connectivity index (χ1) is 46.6. The molecule has 440 valence electrons. The topological polar surface area (TPSA) is 55.9 Å². The van der Waals surface area contributed by atoms with E-state index in [1.807, 2.05) is 24.3 Å². The minimum absolute atomic E-state index is 0.862. The highest BCUT2D eigenvalue weighted by molar-refractivity contribution is 6.15. The molecule has 0 bridgehead atoms. The normalized spacial score (nSPS) is 12.0. The Labute approximate surface area is 537 Å². The number of rotatable bonds is 7. The molecule has 0 atom stereocenters. The third kappa shape index (κ3) is 7.80. The number of fused-ring (bicyclic) bond motifs is 18. The van der Waals surface area contributed by atoms with Gasteiger partial charge in [0.1, 0.15) is 11.2 Å². The number of aromatic nitrogens is 6. The van der Waals surface area contributed by atoms with Crippen molar-refractivity contribution in [3.63, 3.8) is 0 Å². The van der Waals surface area contributed by atoms with Crippen molar-refractivity contribution < 1.29 is 8.83 Å². The highest BCUT2D eigenvalue weighted by Gasteiger charge is 2.21. The summed E-state index contributed by atoms with van der Waals surface area (Å²) in [4.78, 5) is 0. The molecule has 0 spiro atoms. The van der Waals surface area contributed by atoms with Crippen molar-refractivity contribution in [1.82, 2.24) is 27.4 Å². The molecule has 94 heavy (non-hydrogen) atoms. The molecular weight excluding hydrogens is 1150 g/mol. The van der Waals surface area contributed by atoms with Gasteiger partial charge < -0.3 is 27.1 Å². The molecule has 0 saturated heterocycles. The van der Waals surface area contributed by atoms with Crippen molar-refractivity contribution in [2.75, 3.05) is 0 Å². The summed E-state index contributed by atoms with van der Waals surface area (Å²) in [6.07, 6.45) is 4.20. The first kappa shape index (κ1) is 52.0. The van der Waals surface area contributed by atoms with Crippen molar-refractivity contribution in [3.8, 4) is 45.3 Å². The maximum absolute atomic E-state index is 6.31. The molecule has 21 aromatic rings. The minimum atomic E-state index is 0.862. The van der Waals surface area contributed by atoms with Crippen molar-refractivity contribution in [2.45, 2.75) is 0 Å². The van der Waals surface area contributed by atoms with Gasteiger partial charge in [-0.2, -0.15) is 0 Å². The molecule has 13 aromatic carbocycles. The van der Waals surface area contributed by atoms with E-state index >= 15 is 0 Å². The molecule has 0 saturated carbocycles. The van der Waals surface area contributed by atoms with Crippen LogP contribution in [0.1, 0.15) is 0 Å². The molecule has 0 N–H and O–H groups in total. The smallest absolute Gasteiger partial charge is 0.212 e. The lowest BCUT2D eigenvalue weighted by Crippen LogP contribution is -1.98. The molecule has 0 aliphatic carbocycles. The molecule has 0 fully saturated rings. The summed E-state index contributed by atoms with van der Waals surface area (Å²) >= 11 is 0. The van der Waals surface area contributed by atoms with Gasteiger partial charge in [0.15, 0.2) is 0 Å². The van der Waals surface area contributed by atoms with E-state index in [1.54, 1.807) is 0 Å². The van der Waals surface area contributed by atoms with Gasteiger partial charge in [0.25, 0.3) is 0 Å². The van der Waals surface area contributed by atoms with Gasteiger partial charge in [0.05, 0.1) is 49.8 Å². The zero-order valence-electron chi connectivity index (χ0n) is 50.7. The van der Waals surface area contributed by atoms with E-state index in [1.165, 1.54) is 87.2 Å². The van der Waals surface area contributed by atoms with Crippen LogP contribution in [-0.4, -0.2) is 27.4 Å². The number of furan rings is 2. The fourth-order valence-electron chi connectivity index (χ4n) is 15.2. The van der Waals surface area contributed by atoms with Crippen LogP contribution in [0.5, 0.6) is 0 Å². The van der Waals surface area contributed by atoms with Gasteiger partial charge in [-0.1, -0.05) is 176 Å². The SMILES string of the molecule is c1cc(-c2cccc(-n3c4ccccc4c4cc(-n5c6ccccc6c6ccccc65)ccc43)c2)cc(-n2ccc3c4ccccc4oc32)c1.c1cc(-n2ccc3c4ccccc4oc32)cc(-n2c3ccccc3c3cc(-n4c5ccccc5c5ccccc54)ccc32)c1. The number of para-hydroxylation sites is 8. The summed E-state index contributed by atoms with van der Waals surface area (Å²) in [6, 6.07) is 113. The molecule has 8 heterocycles. The molecular formula is C86H54N6O2. The lowest BCUT2D eigenvalue weighted by molar-refractivity contribution is 0.642. The first-order valence-electron chi connectivity index (χ1n) is 32.0. The van der Waals surface area contributed by atoms with Gasteiger partial charge in [-0.25, -0.2) is 0 Å². The minimum Gasteiger partial charge on any atom is -0.439 e. The highest BCUT2D eigenvalue weighted by atomic mass is 16.3. The Kier molecular flexibility index (Phi) is 11.3. The number of nitrogens with zero attached hydrogens (tertiary/aromatic N) is 6. The van der Waals surface area contributed by atoms with Crippen LogP contribution in [0.4, 0.5) is 0 Å². The van der Waals surface area contributed by atoms with Crippen LogP contribution in [0, 0.1) is 0 Å². The van der Waals surface area contributed by atoms with E-state index in [2.05, 4.69) is 331 Å². The molecule has 8 nitrogen and oxygen atoms in total. The van der Waals surface area contributed by atoms with Gasteiger partial charge >= 0.3 is 0 Å². The zero-order chi connectivity index (χ0) is 61.5. The molecule has 8 aromatic heterocycles. The second-order valence-electron chi connectivity index (χ2n) is 24.5. The predicted octanol–water partition coefficient (Wildman–Crippen LogP) is 22.8. The van der Waals surface area contributed by atoms with E-state index in [0.717, 1.165) is 89.4 Å². The molecule has 21 rings (SSSR count). The van der Waals surface area contributed by atoms with Crippen LogP contribution in [-0.2, 0) is 0 Å². The van der Waals surface area contributed by atoms with Crippen molar-refractivity contribution >= 4 is 131 Å². The average Bonchev–Trinajstić information content (AvgIpc) is 1.59. The van der Waals surface area contributed by atoms with E-state index < -0.39 is 0 Å². The molecule has 0 radical (unpaired) electrons. The van der Waals surface area contributed by atoms with E-state index in [9.17, 15) is 0 Å². The molecule has 0 aliphatic rings. The molecule has 0 unspecified atom stereocenters. The average molecular weight is 1200 g/mol. The predicted molar refractivity (Wildman–Crippen MR) is 389 cm³/mol. The lowest BCUT2D eigenvalue weighted by Gasteiger charge is -2.12. The second kappa shape index (κ2) is 20.4. The van der Waals surface area contributed by atoms with Crippen LogP contribution in [0.15, 0.2) is 337 Å². The Morgan fingerprint density at radius 1 is 0.181 bits per heavy atom. The van der Waals surface area contributed by atoms with E-state index in [-0.39, 0.29) is 0 Å². The summed E-state index contributed by atoms with van der Waals surface area (Å²) in [5, 5.41) is 14.5. The zero-order valence-corrected chi connectivity index (χ0v) is 50.7. The summed E-state index contributed by atoms with van der Waals surface area (Å²) in [5.74, 6) is 0. The maximum atomic E-state index is 6.31. The van der Waals surface area contributed by atoms with Gasteiger partial charge in [-0.05, 0) is 151 Å². The highest BCUT2D eigenvalue weighted by Crippen LogP contribution is 2.42. The number of hydrogen-bond donors (Lipinski definition) is 0. The van der Waals surface area contributed by atoms with Crippen LogP contribution < -0.4 is 0 Å². The Hall–Kier alpha value is -12.8. The summed E-state index contributed by atoms with van der Waals surface area (Å²) in [5.41, 5.74) is 22.1. The van der Waals surface area contributed by atoms with E-state index in [0.29, 0.717) is 0 Å². The Morgan fingerprint density at radius 3 is 0.872 bits per heavy atom. The van der Waals surface area contributed by atoms with Crippen molar-refractivity contribution in [1.29, 1.82) is 0 Å². The Bertz CT molecular complexity index is 6540. The molecule has 8 heteroatoms.